The smallest absolute Gasteiger partial charge is 0.248 e. The fourth-order valence-corrected chi connectivity index (χ4v) is 5.42. The summed E-state index contributed by atoms with van der Waals surface area (Å²) < 4.78 is 27.0. The van der Waals surface area contributed by atoms with Crippen LogP contribution in [0.4, 0.5) is 14.5 Å². The summed E-state index contributed by atoms with van der Waals surface area (Å²) in [6, 6.07) is 7.16. The van der Waals surface area contributed by atoms with Gasteiger partial charge in [-0.05, 0) is 59.0 Å². The van der Waals surface area contributed by atoms with Crippen LogP contribution in [0, 0.1) is 5.41 Å². The van der Waals surface area contributed by atoms with Crippen LogP contribution in [0.15, 0.2) is 36.7 Å². The number of piperazine rings is 1. The Kier molecular flexibility index (Phi) is 9.40. The molecule has 1 aliphatic heterocycles. The van der Waals surface area contributed by atoms with Crippen LogP contribution in [0.3, 0.4) is 0 Å². The minimum atomic E-state index is -2.65. The van der Waals surface area contributed by atoms with Crippen molar-refractivity contribution in [2.45, 2.75) is 56.8 Å². The standard InChI is InChI=1S/C27H33B2ClF2N6O2/c1-25(5-7-26(31,32)8-6-25)15-23(39)34-18-24(40)37-10-12-38(13-11-37)27(28,29)21-14-20(30)2-3-22(21)33-16-19-4-9-35-36-17-19/h2-4,9,14,17,33H,5-8,10-13,15-16,18H2,1H3,(H,34,39). The number of aromatic nitrogens is 2. The van der Waals surface area contributed by atoms with Gasteiger partial charge in [0.05, 0.1) is 28.4 Å². The van der Waals surface area contributed by atoms with Crippen molar-refractivity contribution in [3.63, 3.8) is 0 Å². The minimum absolute atomic E-state index is 0.126. The topological polar surface area (TPSA) is 90.5 Å². The van der Waals surface area contributed by atoms with Crippen molar-refractivity contribution in [1.82, 2.24) is 25.3 Å². The second-order valence-electron chi connectivity index (χ2n) is 11.1. The first kappa shape index (κ1) is 30.2. The van der Waals surface area contributed by atoms with Gasteiger partial charge < -0.3 is 20.4 Å². The van der Waals surface area contributed by atoms with Crippen molar-refractivity contribution < 1.29 is 18.4 Å². The molecule has 8 nitrogen and oxygen atoms in total. The maximum Gasteiger partial charge on any atom is 0.248 e. The van der Waals surface area contributed by atoms with E-state index in [1.54, 1.807) is 29.4 Å². The lowest BCUT2D eigenvalue weighted by Gasteiger charge is -2.46. The molecule has 4 radical (unpaired) electrons. The average Bonchev–Trinajstić information content (AvgIpc) is 2.93. The molecule has 2 heterocycles. The normalized spacial score (nSPS) is 19.1. The van der Waals surface area contributed by atoms with E-state index in [2.05, 4.69) is 20.8 Å². The molecule has 0 atom stereocenters. The van der Waals surface area contributed by atoms with Gasteiger partial charge in [-0.2, -0.15) is 10.2 Å². The number of hydrogen-bond acceptors (Lipinski definition) is 6. The summed E-state index contributed by atoms with van der Waals surface area (Å²) in [5.41, 5.74) is 1.80. The van der Waals surface area contributed by atoms with Crippen LogP contribution in [-0.4, -0.2) is 86.2 Å². The Labute approximate surface area is 241 Å². The summed E-state index contributed by atoms with van der Waals surface area (Å²) >= 11 is 6.29. The van der Waals surface area contributed by atoms with Crippen molar-refractivity contribution in [2.24, 2.45) is 5.41 Å². The van der Waals surface area contributed by atoms with Gasteiger partial charge in [0.25, 0.3) is 0 Å². The summed E-state index contributed by atoms with van der Waals surface area (Å²) in [5.74, 6) is -3.17. The second kappa shape index (κ2) is 12.4. The molecule has 1 saturated heterocycles. The molecule has 4 rings (SSSR count). The summed E-state index contributed by atoms with van der Waals surface area (Å²) in [7, 11) is 13.3. The number of carbonyl (C=O) groups excluding carboxylic acids is 2. The Morgan fingerprint density at radius 2 is 1.77 bits per heavy atom. The molecule has 2 aliphatic rings. The molecule has 40 heavy (non-hydrogen) atoms. The molecular formula is C27H33B2ClF2N6O2. The van der Waals surface area contributed by atoms with Crippen LogP contribution in [0.25, 0.3) is 0 Å². The number of alkyl halides is 2. The Morgan fingerprint density at radius 3 is 2.42 bits per heavy atom. The highest BCUT2D eigenvalue weighted by molar-refractivity contribution is 6.40. The molecule has 0 bridgehead atoms. The van der Waals surface area contributed by atoms with E-state index in [4.69, 9.17) is 27.3 Å². The van der Waals surface area contributed by atoms with E-state index in [0.717, 1.165) is 11.3 Å². The zero-order valence-electron chi connectivity index (χ0n) is 22.6. The van der Waals surface area contributed by atoms with Gasteiger partial charge in [0, 0.05) is 68.9 Å². The molecule has 1 aromatic carbocycles. The monoisotopic (exact) mass is 568 g/mol. The largest absolute Gasteiger partial charge is 0.381 e. The quantitative estimate of drug-likeness (QED) is 0.452. The van der Waals surface area contributed by atoms with Gasteiger partial charge in [0.1, 0.15) is 0 Å². The van der Waals surface area contributed by atoms with Gasteiger partial charge in [-0.3, -0.25) is 9.59 Å². The van der Waals surface area contributed by atoms with Crippen LogP contribution < -0.4 is 10.6 Å². The van der Waals surface area contributed by atoms with Gasteiger partial charge >= 0.3 is 0 Å². The van der Waals surface area contributed by atoms with Crippen molar-refractivity contribution in [3.05, 3.63) is 52.8 Å². The Morgan fingerprint density at radius 1 is 1.07 bits per heavy atom. The third kappa shape index (κ3) is 7.72. The average molecular weight is 569 g/mol. The molecule has 2 amide bonds. The van der Waals surface area contributed by atoms with E-state index in [-0.39, 0.29) is 50.5 Å². The maximum atomic E-state index is 13.5. The number of amides is 2. The lowest BCUT2D eigenvalue weighted by molar-refractivity contribution is -0.135. The number of halogens is 3. The van der Waals surface area contributed by atoms with Gasteiger partial charge in [-0.1, -0.05) is 18.5 Å². The Balaban J connectivity index is 1.29. The fraction of sp³-hybridized carbons (Fsp3) is 0.556. The van der Waals surface area contributed by atoms with E-state index in [0.29, 0.717) is 43.3 Å². The molecule has 1 aliphatic carbocycles. The third-order valence-electron chi connectivity index (χ3n) is 7.91. The second-order valence-corrected chi connectivity index (χ2v) is 11.5. The Bertz CT molecular complexity index is 1190. The number of carbonyl (C=O) groups is 2. The SMILES string of the molecule is [B]C([B])(c1cc(Cl)ccc1NCc1ccnnc1)N1CCN(C(=O)CNC(=O)CC2(C)CCC(F)(F)CC2)CC1. The first-order valence-electron chi connectivity index (χ1n) is 13.4. The maximum absolute atomic E-state index is 13.5. The number of nitrogens with zero attached hydrogens (tertiary/aromatic N) is 4. The summed E-state index contributed by atoms with van der Waals surface area (Å²) in [6.07, 6.45) is 3.56. The van der Waals surface area contributed by atoms with Crippen LogP contribution in [-0.2, 0) is 21.5 Å². The molecule has 1 aromatic heterocycles. The van der Waals surface area contributed by atoms with Gasteiger partial charge in [-0.25, -0.2) is 8.78 Å². The van der Waals surface area contributed by atoms with Crippen LogP contribution in [0.1, 0.15) is 50.2 Å². The first-order chi connectivity index (χ1) is 18.9. The van der Waals surface area contributed by atoms with E-state index in [1.165, 1.54) is 0 Å². The number of hydrogen-bond donors (Lipinski definition) is 2. The third-order valence-corrected chi connectivity index (χ3v) is 8.15. The molecule has 0 spiro atoms. The highest BCUT2D eigenvalue weighted by atomic mass is 35.5. The van der Waals surface area contributed by atoms with Crippen LogP contribution >= 0.6 is 11.6 Å². The fourth-order valence-electron chi connectivity index (χ4n) is 5.25. The first-order valence-corrected chi connectivity index (χ1v) is 13.8. The number of anilines is 1. The highest BCUT2D eigenvalue weighted by Crippen LogP contribution is 2.45. The summed E-state index contributed by atoms with van der Waals surface area (Å²) in [5, 5.41) is 12.8. The van der Waals surface area contributed by atoms with Gasteiger partial charge in [-0.15, -0.1) is 0 Å². The van der Waals surface area contributed by atoms with E-state index >= 15 is 0 Å². The van der Waals surface area contributed by atoms with Gasteiger partial charge in [0.2, 0.25) is 17.7 Å². The molecule has 210 valence electrons. The van der Waals surface area contributed by atoms with E-state index in [1.807, 2.05) is 24.0 Å². The number of benzene rings is 1. The highest BCUT2D eigenvalue weighted by Gasteiger charge is 2.41. The molecule has 1 saturated carbocycles. The molecular weight excluding hydrogens is 535 g/mol. The van der Waals surface area contributed by atoms with E-state index < -0.39 is 16.7 Å². The zero-order chi connectivity index (χ0) is 29.0. The van der Waals surface area contributed by atoms with Gasteiger partial charge in [0.15, 0.2) is 0 Å². The zero-order valence-corrected chi connectivity index (χ0v) is 23.4. The van der Waals surface area contributed by atoms with Crippen molar-refractivity contribution in [1.29, 1.82) is 0 Å². The van der Waals surface area contributed by atoms with Crippen molar-refractivity contribution in [3.8, 4) is 0 Å². The summed E-state index contributed by atoms with van der Waals surface area (Å²) in [6.45, 7) is 3.78. The lowest BCUT2D eigenvalue weighted by atomic mass is 9.56. The molecule has 2 fully saturated rings. The van der Waals surface area contributed by atoms with Crippen molar-refractivity contribution >= 4 is 44.8 Å². The van der Waals surface area contributed by atoms with Crippen molar-refractivity contribution in [2.75, 3.05) is 38.0 Å². The molecule has 2 N–H and O–H groups in total. The van der Waals surface area contributed by atoms with Crippen LogP contribution in [0.5, 0.6) is 0 Å². The molecule has 0 unspecified atom stereocenters. The number of rotatable bonds is 9. The molecule has 13 heteroatoms. The van der Waals surface area contributed by atoms with E-state index in [9.17, 15) is 18.4 Å². The minimum Gasteiger partial charge on any atom is -0.381 e. The Hall–Kier alpha value is -2.72. The predicted octanol–water partition coefficient (Wildman–Crippen LogP) is 3.06. The summed E-state index contributed by atoms with van der Waals surface area (Å²) in [4.78, 5) is 28.8. The van der Waals surface area contributed by atoms with Crippen LogP contribution in [0.2, 0.25) is 5.02 Å². The lowest BCUT2D eigenvalue weighted by Crippen LogP contribution is -2.58. The predicted molar refractivity (Wildman–Crippen MR) is 151 cm³/mol. The number of nitrogens with one attached hydrogen (secondary N) is 2. The molecule has 2 aromatic rings.